The van der Waals surface area contributed by atoms with Crippen molar-refractivity contribution in [3.05, 3.63) is 29.8 Å². The number of alkyl halides is 3. The van der Waals surface area contributed by atoms with Gasteiger partial charge in [0.25, 0.3) is 0 Å². The van der Waals surface area contributed by atoms with Crippen LogP contribution in [0.2, 0.25) is 0 Å². The van der Waals surface area contributed by atoms with Crippen LogP contribution in [0.4, 0.5) is 18.9 Å². The summed E-state index contributed by atoms with van der Waals surface area (Å²) in [5.74, 6) is 0. The van der Waals surface area contributed by atoms with Gasteiger partial charge in [0.1, 0.15) is 0 Å². The molecule has 5 heteroatoms. The third-order valence-electron chi connectivity index (χ3n) is 2.59. The summed E-state index contributed by atoms with van der Waals surface area (Å²) in [6, 6.07) is 6.31. The molecule has 1 unspecified atom stereocenters. The fraction of sp³-hybridized carbons (Fsp3) is 0.571. The number of benzene rings is 1. The zero-order chi connectivity index (χ0) is 14.9. The molecule has 1 atom stereocenters. The highest BCUT2D eigenvalue weighted by molar-refractivity contribution is 5.41. The van der Waals surface area contributed by atoms with Crippen molar-refractivity contribution in [1.82, 2.24) is 0 Å². The second-order valence-electron chi connectivity index (χ2n) is 5.86. The molecular weight excluding hydrogens is 255 g/mol. The van der Waals surface area contributed by atoms with Crippen LogP contribution in [0.1, 0.15) is 39.7 Å². The van der Waals surface area contributed by atoms with Crippen molar-refractivity contribution < 1.29 is 17.9 Å². The van der Waals surface area contributed by atoms with Crippen molar-refractivity contribution >= 4 is 5.69 Å². The molecule has 0 aliphatic heterocycles. The molecule has 1 aromatic carbocycles. The lowest BCUT2D eigenvalue weighted by atomic mass is 9.90. The highest BCUT2D eigenvalue weighted by Gasteiger charge is 2.43. The lowest BCUT2D eigenvalue weighted by Crippen LogP contribution is -2.39. The van der Waals surface area contributed by atoms with E-state index in [9.17, 15) is 13.2 Å². The van der Waals surface area contributed by atoms with Crippen molar-refractivity contribution in [2.45, 2.75) is 51.5 Å². The smallest absolute Gasteiger partial charge is 0.392 e. The van der Waals surface area contributed by atoms with Gasteiger partial charge in [-0.05, 0) is 45.4 Å². The number of ether oxygens (including phenoxy) is 1. The fourth-order valence-electron chi connectivity index (χ4n) is 2.09. The molecular formula is C14H20F3NO. The van der Waals surface area contributed by atoms with Crippen molar-refractivity contribution in [3.8, 4) is 0 Å². The van der Waals surface area contributed by atoms with Gasteiger partial charge in [0.2, 0.25) is 0 Å². The molecule has 0 amide bonds. The van der Waals surface area contributed by atoms with Gasteiger partial charge >= 0.3 is 6.18 Å². The number of anilines is 1. The Morgan fingerprint density at radius 1 is 1.00 bits per heavy atom. The number of hydrogen-bond acceptors (Lipinski definition) is 2. The topological polar surface area (TPSA) is 35.2 Å². The summed E-state index contributed by atoms with van der Waals surface area (Å²) in [6.07, 6.45) is -5.34. The van der Waals surface area contributed by atoms with Crippen molar-refractivity contribution in [3.63, 3.8) is 0 Å². The predicted octanol–water partition coefficient (Wildman–Crippen LogP) is 4.25. The minimum absolute atomic E-state index is 0.467. The molecule has 0 saturated carbocycles. The number of rotatable bonds is 3. The van der Waals surface area contributed by atoms with Gasteiger partial charge in [-0.3, -0.25) is 0 Å². The van der Waals surface area contributed by atoms with E-state index in [1.807, 2.05) is 0 Å². The monoisotopic (exact) mass is 275 g/mol. The molecule has 0 radical (unpaired) electrons. The molecule has 0 aromatic heterocycles. The average molecular weight is 275 g/mol. The van der Waals surface area contributed by atoms with E-state index in [0.717, 1.165) is 0 Å². The first-order chi connectivity index (χ1) is 8.41. The molecule has 0 aliphatic carbocycles. The average Bonchev–Trinajstić information content (AvgIpc) is 2.11. The molecule has 0 heterocycles. The summed E-state index contributed by atoms with van der Waals surface area (Å²) >= 11 is 0. The van der Waals surface area contributed by atoms with Gasteiger partial charge in [0, 0.05) is 5.69 Å². The molecule has 0 spiro atoms. The first-order valence-corrected chi connectivity index (χ1v) is 6.04. The molecule has 0 aliphatic rings. The van der Waals surface area contributed by atoms with Crippen molar-refractivity contribution in [2.24, 2.45) is 0 Å². The van der Waals surface area contributed by atoms with Crippen LogP contribution in [0.15, 0.2) is 24.3 Å². The maximum absolute atomic E-state index is 12.8. The van der Waals surface area contributed by atoms with Crippen LogP contribution >= 0.6 is 0 Å². The Kier molecular flexibility index (Phi) is 4.20. The first kappa shape index (κ1) is 15.8. The van der Waals surface area contributed by atoms with Crippen LogP contribution in [-0.4, -0.2) is 11.8 Å². The van der Waals surface area contributed by atoms with Crippen LogP contribution in [-0.2, 0) is 10.3 Å². The minimum Gasteiger partial charge on any atom is -0.399 e. The molecule has 0 bridgehead atoms. The molecule has 19 heavy (non-hydrogen) atoms. The van der Waals surface area contributed by atoms with Gasteiger partial charge < -0.3 is 10.5 Å². The quantitative estimate of drug-likeness (QED) is 0.837. The van der Waals surface area contributed by atoms with Crippen LogP contribution in [0.3, 0.4) is 0 Å². The number of nitrogens with two attached hydrogens (primary N) is 1. The predicted molar refractivity (Wildman–Crippen MR) is 69.7 cm³/mol. The van der Waals surface area contributed by atoms with Gasteiger partial charge in [0.05, 0.1) is 17.6 Å². The van der Waals surface area contributed by atoms with Crippen LogP contribution < -0.4 is 5.73 Å². The Morgan fingerprint density at radius 2 is 1.47 bits per heavy atom. The maximum Gasteiger partial charge on any atom is 0.392 e. The second kappa shape index (κ2) is 5.04. The van der Waals surface area contributed by atoms with E-state index in [-0.39, 0.29) is 0 Å². The van der Waals surface area contributed by atoms with E-state index in [0.29, 0.717) is 11.3 Å². The second-order valence-corrected chi connectivity index (χ2v) is 5.86. The summed E-state index contributed by atoms with van der Waals surface area (Å²) in [6.45, 7) is 6.66. The van der Waals surface area contributed by atoms with Gasteiger partial charge in [0.15, 0.2) is 0 Å². The lowest BCUT2D eigenvalue weighted by molar-refractivity contribution is -0.213. The first-order valence-electron chi connectivity index (χ1n) is 6.04. The largest absolute Gasteiger partial charge is 0.399 e. The van der Waals surface area contributed by atoms with Crippen molar-refractivity contribution in [2.75, 3.05) is 5.73 Å². The Bertz CT molecular complexity index is 402. The number of nitrogen functional groups attached to an aromatic ring is 1. The van der Waals surface area contributed by atoms with E-state index in [1.54, 1.807) is 45.0 Å². The van der Waals surface area contributed by atoms with Gasteiger partial charge in [-0.15, -0.1) is 0 Å². The standard InChI is InChI=1S/C14H20F3NO/c1-12(2,3)19-13(4,9-14(15,16)17)10-5-7-11(18)8-6-10/h5-8H,9,18H2,1-4H3. The maximum atomic E-state index is 12.8. The van der Waals surface area contributed by atoms with E-state index < -0.39 is 23.8 Å². The SMILES string of the molecule is CC(C)(C)OC(C)(CC(F)(F)F)c1ccc(N)cc1. The zero-order valence-electron chi connectivity index (χ0n) is 11.6. The Labute approximate surface area is 111 Å². The molecule has 2 nitrogen and oxygen atoms in total. The van der Waals surface area contributed by atoms with Gasteiger partial charge in [-0.25, -0.2) is 0 Å². The molecule has 108 valence electrons. The molecule has 1 aromatic rings. The van der Waals surface area contributed by atoms with Crippen LogP contribution in [0.25, 0.3) is 0 Å². The summed E-state index contributed by atoms with van der Waals surface area (Å²) in [5, 5.41) is 0. The highest BCUT2D eigenvalue weighted by atomic mass is 19.4. The van der Waals surface area contributed by atoms with Crippen LogP contribution in [0.5, 0.6) is 0 Å². The normalized spacial score (nSPS) is 16.2. The van der Waals surface area contributed by atoms with E-state index in [2.05, 4.69) is 0 Å². The molecule has 2 N–H and O–H groups in total. The van der Waals surface area contributed by atoms with E-state index in [4.69, 9.17) is 10.5 Å². The fourth-order valence-corrected chi connectivity index (χ4v) is 2.09. The third-order valence-corrected chi connectivity index (χ3v) is 2.59. The van der Waals surface area contributed by atoms with Crippen molar-refractivity contribution in [1.29, 1.82) is 0 Å². The Morgan fingerprint density at radius 3 is 1.84 bits per heavy atom. The summed E-state index contributed by atoms with van der Waals surface area (Å²) < 4.78 is 44.0. The summed E-state index contributed by atoms with van der Waals surface area (Å²) in [5.41, 5.74) is 4.43. The number of halogens is 3. The third kappa shape index (κ3) is 5.11. The molecule has 0 saturated heterocycles. The van der Waals surface area contributed by atoms with E-state index in [1.165, 1.54) is 6.92 Å². The number of hydrogen-bond donors (Lipinski definition) is 1. The van der Waals surface area contributed by atoms with Gasteiger partial charge in [-0.2, -0.15) is 13.2 Å². The highest BCUT2D eigenvalue weighted by Crippen LogP contribution is 2.40. The zero-order valence-corrected chi connectivity index (χ0v) is 11.6. The Hall–Kier alpha value is -1.23. The molecule has 0 fully saturated rings. The van der Waals surface area contributed by atoms with Gasteiger partial charge in [-0.1, -0.05) is 12.1 Å². The Balaban J connectivity index is 3.14. The molecule has 1 rings (SSSR count). The summed E-state index contributed by atoms with van der Waals surface area (Å²) in [4.78, 5) is 0. The van der Waals surface area contributed by atoms with E-state index >= 15 is 0 Å². The summed E-state index contributed by atoms with van der Waals surface area (Å²) in [7, 11) is 0. The van der Waals surface area contributed by atoms with Crippen LogP contribution in [0, 0.1) is 0 Å². The lowest BCUT2D eigenvalue weighted by Gasteiger charge is -2.37. The minimum atomic E-state index is -4.30.